The number of hydrogen-bond acceptors (Lipinski definition) is 4. The maximum Gasteiger partial charge on any atom is 0.248 e. The van der Waals surface area contributed by atoms with Crippen molar-refractivity contribution in [2.24, 2.45) is 0 Å². The Morgan fingerprint density at radius 3 is 2.45 bits per heavy atom. The third-order valence-corrected chi connectivity index (χ3v) is 5.30. The van der Waals surface area contributed by atoms with Crippen molar-refractivity contribution in [2.75, 3.05) is 5.32 Å². The molecule has 0 spiro atoms. The van der Waals surface area contributed by atoms with Crippen LogP contribution in [0, 0.1) is 13.8 Å². The Hall–Kier alpha value is -4.38. The monoisotopic (exact) mass is 434 g/mol. The van der Waals surface area contributed by atoms with E-state index >= 15 is 0 Å². The molecule has 162 valence electrons. The van der Waals surface area contributed by atoms with Crippen molar-refractivity contribution in [3.05, 3.63) is 102 Å². The molecule has 5 rings (SSSR count). The van der Waals surface area contributed by atoms with Crippen molar-refractivity contribution in [1.29, 1.82) is 0 Å². The number of aromatic nitrogens is 1. The highest BCUT2D eigenvalue weighted by Crippen LogP contribution is 2.28. The highest BCUT2D eigenvalue weighted by atomic mass is 16.3. The minimum absolute atomic E-state index is 0.242. The highest BCUT2D eigenvalue weighted by Gasteiger charge is 2.11. The summed E-state index contributed by atoms with van der Waals surface area (Å²) in [6.07, 6.45) is 3.10. The maximum absolute atomic E-state index is 12.3. The molecule has 1 N–H and O–H groups in total. The summed E-state index contributed by atoms with van der Waals surface area (Å²) < 4.78 is 11.8. The van der Waals surface area contributed by atoms with Gasteiger partial charge in [0.05, 0.1) is 0 Å². The summed E-state index contributed by atoms with van der Waals surface area (Å²) in [6, 6.07) is 25.1. The Balaban J connectivity index is 1.25. The molecule has 0 unspecified atom stereocenters. The lowest BCUT2D eigenvalue weighted by molar-refractivity contribution is -0.111. The van der Waals surface area contributed by atoms with Gasteiger partial charge in [-0.25, -0.2) is 4.98 Å². The number of oxazole rings is 1. The largest absolute Gasteiger partial charge is 0.457 e. The maximum atomic E-state index is 12.3. The second kappa shape index (κ2) is 8.63. The van der Waals surface area contributed by atoms with Gasteiger partial charge < -0.3 is 14.2 Å². The molecule has 0 radical (unpaired) electrons. The smallest absolute Gasteiger partial charge is 0.248 e. The number of anilines is 1. The fraction of sp³-hybridized carbons (Fsp3) is 0.0714. The molecule has 0 saturated carbocycles. The van der Waals surface area contributed by atoms with Gasteiger partial charge in [0, 0.05) is 22.9 Å². The van der Waals surface area contributed by atoms with Crippen molar-refractivity contribution in [1.82, 2.24) is 4.98 Å². The summed E-state index contributed by atoms with van der Waals surface area (Å²) in [5.41, 5.74) is 6.38. The Labute approximate surface area is 191 Å². The Bertz CT molecular complexity index is 1460. The van der Waals surface area contributed by atoms with Gasteiger partial charge in [0.15, 0.2) is 5.58 Å². The van der Waals surface area contributed by atoms with E-state index in [4.69, 9.17) is 8.83 Å². The van der Waals surface area contributed by atoms with E-state index in [1.54, 1.807) is 6.08 Å². The fourth-order valence-corrected chi connectivity index (χ4v) is 3.74. The lowest BCUT2D eigenvalue weighted by Crippen LogP contribution is -2.07. The Morgan fingerprint density at radius 1 is 0.879 bits per heavy atom. The zero-order chi connectivity index (χ0) is 22.8. The lowest BCUT2D eigenvalue weighted by Gasteiger charge is -2.02. The summed E-state index contributed by atoms with van der Waals surface area (Å²) >= 11 is 0. The molecule has 0 aliphatic carbocycles. The second-order valence-corrected chi connectivity index (χ2v) is 7.92. The third kappa shape index (κ3) is 4.48. The van der Waals surface area contributed by atoms with Crippen LogP contribution in [0.3, 0.4) is 0 Å². The average Bonchev–Trinajstić information content (AvgIpc) is 3.46. The number of furan rings is 1. The van der Waals surface area contributed by atoms with Crippen molar-refractivity contribution < 1.29 is 13.6 Å². The van der Waals surface area contributed by atoms with E-state index in [2.05, 4.69) is 16.4 Å². The molecule has 5 heteroatoms. The van der Waals surface area contributed by atoms with Crippen LogP contribution >= 0.6 is 0 Å². The number of aryl methyl sites for hydroxylation is 2. The first kappa shape index (κ1) is 20.5. The molecule has 2 aromatic heterocycles. The van der Waals surface area contributed by atoms with E-state index in [0.717, 1.165) is 39.1 Å². The van der Waals surface area contributed by atoms with Crippen molar-refractivity contribution >= 4 is 28.8 Å². The summed E-state index contributed by atoms with van der Waals surface area (Å²) in [5.74, 6) is 1.69. The summed E-state index contributed by atoms with van der Waals surface area (Å²) in [5, 5.41) is 2.85. The molecule has 1 amide bonds. The highest BCUT2D eigenvalue weighted by molar-refractivity contribution is 6.01. The third-order valence-electron chi connectivity index (χ3n) is 5.30. The molecule has 2 heterocycles. The standard InChI is InChI=1S/C28H22N2O3/c1-18-16-19(2)27-24(17-18)30-28(33-27)21-8-10-22(11-9-21)29-26(31)15-13-23-12-14-25(32-23)20-6-4-3-5-7-20/h3-17H,1-2H3,(H,29,31)/b15-13+. The Kier molecular flexibility index (Phi) is 5.37. The number of carbonyl (C=O) groups excluding carboxylic acids is 1. The summed E-state index contributed by atoms with van der Waals surface area (Å²) in [4.78, 5) is 16.9. The number of fused-ring (bicyclic) bond motifs is 1. The molecule has 33 heavy (non-hydrogen) atoms. The fourth-order valence-electron chi connectivity index (χ4n) is 3.74. The van der Waals surface area contributed by atoms with Crippen molar-refractivity contribution in [2.45, 2.75) is 13.8 Å². The van der Waals surface area contributed by atoms with Gasteiger partial charge in [-0.2, -0.15) is 0 Å². The van der Waals surface area contributed by atoms with Crippen LogP contribution in [-0.4, -0.2) is 10.9 Å². The first-order valence-corrected chi connectivity index (χ1v) is 10.7. The van der Waals surface area contributed by atoms with Crippen LogP contribution in [0.25, 0.3) is 40.0 Å². The van der Waals surface area contributed by atoms with E-state index < -0.39 is 0 Å². The van der Waals surface area contributed by atoms with Crippen molar-refractivity contribution in [3.8, 4) is 22.8 Å². The average molecular weight is 434 g/mol. The quantitative estimate of drug-likeness (QED) is 0.302. The van der Waals surface area contributed by atoms with E-state index in [-0.39, 0.29) is 5.91 Å². The zero-order valence-corrected chi connectivity index (χ0v) is 18.3. The van der Waals surface area contributed by atoms with Crippen LogP contribution < -0.4 is 5.32 Å². The first-order chi connectivity index (χ1) is 16.0. The molecule has 5 aromatic rings. The van der Waals surface area contributed by atoms with Crippen LogP contribution in [0.15, 0.2) is 93.8 Å². The van der Waals surface area contributed by atoms with Crippen LogP contribution in [0.2, 0.25) is 0 Å². The van der Waals surface area contributed by atoms with Gasteiger partial charge in [-0.05, 0) is 73.5 Å². The van der Waals surface area contributed by atoms with Gasteiger partial charge in [-0.15, -0.1) is 0 Å². The summed E-state index contributed by atoms with van der Waals surface area (Å²) in [7, 11) is 0. The van der Waals surface area contributed by atoms with Crippen LogP contribution in [0.4, 0.5) is 5.69 Å². The predicted octanol–water partition coefficient (Wildman–Crippen LogP) is 7.02. The van der Waals surface area contributed by atoms with Gasteiger partial charge in [0.2, 0.25) is 11.8 Å². The van der Waals surface area contributed by atoms with Crippen LogP contribution in [0.5, 0.6) is 0 Å². The number of rotatable bonds is 5. The number of hydrogen-bond donors (Lipinski definition) is 1. The van der Waals surface area contributed by atoms with Crippen LogP contribution in [0.1, 0.15) is 16.9 Å². The molecule has 0 atom stereocenters. The summed E-state index contributed by atoms with van der Waals surface area (Å²) in [6.45, 7) is 4.06. The second-order valence-electron chi connectivity index (χ2n) is 7.92. The molecule has 0 saturated heterocycles. The number of carbonyl (C=O) groups is 1. The number of nitrogens with one attached hydrogen (secondary N) is 1. The zero-order valence-electron chi connectivity index (χ0n) is 18.3. The number of nitrogens with zero attached hydrogens (tertiary/aromatic N) is 1. The Morgan fingerprint density at radius 2 is 1.67 bits per heavy atom. The van der Waals surface area contributed by atoms with E-state index in [0.29, 0.717) is 17.3 Å². The molecular formula is C28H22N2O3. The normalized spacial score (nSPS) is 11.3. The lowest BCUT2D eigenvalue weighted by atomic mass is 10.1. The van der Waals surface area contributed by atoms with E-state index in [1.807, 2.05) is 86.6 Å². The number of amides is 1. The molecular weight excluding hydrogens is 412 g/mol. The number of benzene rings is 3. The molecule has 0 fully saturated rings. The van der Waals surface area contributed by atoms with Crippen molar-refractivity contribution in [3.63, 3.8) is 0 Å². The van der Waals surface area contributed by atoms with Gasteiger partial charge in [0.1, 0.15) is 17.0 Å². The van der Waals surface area contributed by atoms with E-state index in [9.17, 15) is 4.79 Å². The first-order valence-electron chi connectivity index (χ1n) is 10.7. The predicted molar refractivity (Wildman–Crippen MR) is 131 cm³/mol. The minimum Gasteiger partial charge on any atom is -0.457 e. The van der Waals surface area contributed by atoms with E-state index in [1.165, 1.54) is 6.08 Å². The van der Waals surface area contributed by atoms with Gasteiger partial charge in [-0.1, -0.05) is 36.4 Å². The molecule has 0 aliphatic heterocycles. The van der Waals surface area contributed by atoms with Gasteiger partial charge in [0.25, 0.3) is 0 Å². The molecule has 0 aliphatic rings. The molecule has 5 nitrogen and oxygen atoms in total. The molecule has 0 bridgehead atoms. The van der Waals surface area contributed by atoms with Crippen LogP contribution in [-0.2, 0) is 4.79 Å². The molecule has 3 aromatic carbocycles. The van der Waals surface area contributed by atoms with Gasteiger partial charge in [-0.3, -0.25) is 4.79 Å². The minimum atomic E-state index is -0.242. The van der Waals surface area contributed by atoms with Gasteiger partial charge >= 0.3 is 0 Å². The SMILES string of the molecule is Cc1cc(C)c2oc(-c3ccc(NC(=O)/C=C/c4ccc(-c5ccccc5)o4)cc3)nc2c1. The topological polar surface area (TPSA) is 68.3 Å².